The van der Waals surface area contributed by atoms with E-state index in [4.69, 9.17) is 4.74 Å². The number of benzene rings is 1. The van der Waals surface area contributed by atoms with E-state index in [0.29, 0.717) is 6.10 Å². The molecule has 0 spiro atoms. The largest absolute Gasteiger partial charge is 0.489 e. The Hall–Kier alpha value is -0.500. The van der Waals surface area contributed by atoms with Gasteiger partial charge in [-0.25, -0.2) is 0 Å². The Kier molecular flexibility index (Phi) is 2.80. The van der Waals surface area contributed by atoms with Crippen molar-refractivity contribution in [2.24, 2.45) is 0 Å². The summed E-state index contributed by atoms with van der Waals surface area (Å²) in [5.41, 5.74) is 1.41. The molecule has 0 N–H and O–H groups in total. The van der Waals surface area contributed by atoms with E-state index in [9.17, 15) is 0 Å². The van der Waals surface area contributed by atoms with Crippen molar-refractivity contribution in [1.82, 2.24) is 0 Å². The molecule has 0 heterocycles. The molecular formula is C13H17BrO. The van der Waals surface area contributed by atoms with E-state index in [1.54, 1.807) is 0 Å². The van der Waals surface area contributed by atoms with Crippen LogP contribution in [-0.4, -0.2) is 6.10 Å². The summed E-state index contributed by atoms with van der Waals surface area (Å²) in [5, 5.41) is 0. The Labute approximate surface area is 100.0 Å². The fourth-order valence-corrected chi connectivity index (χ4v) is 2.03. The zero-order valence-corrected chi connectivity index (χ0v) is 11.1. The Bertz CT molecular complexity index is 361. The molecule has 1 saturated carbocycles. The summed E-state index contributed by atoms with van der Waals surface area (Å²) in [6.07, 6.45) is 2.85. The molecule has 0 atom stereocenters. The van der Waals surface area contributed by atoms with Gasteiger partial charge in [-0.3, -0.25) is 0 Å². The smallest absolute Gasteiger partial charge is 0.137 e. The highest BCUT2D eigenvalue weighted by Gasteiger charge is 2.28. The van der Waals surface area contributed by atoms with Crippen molar-refractivity contribution in [2.45, 2.75) is 45.1 Å². The SMILES string of the molecule is CC(C)(C)c1cccc(Br)c1OC1CC1. The van der Waals surface area contributed by atoms with Gasteiger partial charge in [0.25, 0.3) is 0 Å². The van der Waals surface area contributed by atoms with Crippen molar-refractivity contribution in [2.75, 3.05) is 0 Å². The molecule has 2 heteroatoms. The molecule has 0 bridgehead atoms. The van der Waals surface area contributed by atoms with Gasteiger partial charge in [0.2, 0.25) is 0 Å². The van der Waals surface area contributed by atoms with Crippen LogP contribution in [0.1, 0.15) is 39.2 Å². The first-order chi connectivity index (χ1) is 6.98. The van der Waals surface area contributed by atoms with Crippen LogP contribution >= 0.6 is 15.9 Å². The van der Waals surface area contributed by atoms with Gasteiger partial charge in [0.05, 0.1) is 10.6 Å². The highest BCUT2D eigenvalue weighted by atomic mass is 79.9. The standard InChI is InChI=1S/C13H17BrO/c1-13(2,3)10-5-4-6-11(14)12(10)15-9-7-8-9/h4-6,9H,7-8H2,1-3H3. The molecule has 0 radical (unpaired) electrons. The second-order valence-electron chi connectivity index (χ2n) is 5.18. The summed E-state index contributed by atoms with van der Waals surface area (Å²) in [6, 6.07) is 6.28. The first kappa shape index (κ1) is 11.0. The van der Waals surface area contributed by atoms with Gasteiger partial charge in [-0.2, -0.15) is 0 Å². The van der Waals surface area contributed by atoms with Gasteiger partial charge in [0.15, 0.2) is 0 Å². The zero-order valence-electron chi connectivity index (χ0n) is 9.51. The first-order valence-electron chi connectivity index (χ1n) is 5.44. The summed E-state index contributed by atoms with van der Waals surface area (Å²) in [5.74, 6) is 1.03. The molecule has 1 aliphatic carbocycles. The third kappa shape index (κ3) is 2.54. The lowest BCUT2D eigenvalue weighted by Crippen LogP contribution is -2.14. The molecule has 2 rings (SSSR count). The van der Waals surface area contributed by atoms with Crippen LogP contribution < -0.4 is 4.74 Å². The topological polar surface area (TPSA) is 9.23 Å². The second-order valence-corrected chi connectivity index (χ2v) is 6.04. The van der Waals surface area contributed by atoms with E-state index in [2.05, 4.69) is 48.8 Å². The molecule has 1 aromatic carbocycles. The molecule has 0 amide bonds. The van der Waals surface area contributed by atoms with Crippen molar-refractivity contribution in [3.63, 3.8) is 0 Å². The number of hydrogen-bond donors (Lipinski definition) is 0. The lowest BCUT2D eigenvalue weighted by molar-refractivity contribution is 0.293. The zero-order chi connectivity index (χ0) is 11.1. The first-order valence-corrected chi connectivity index (χ1v) is 6.23. The molecule has 82 valence electrons. The van der Waals surface area contributed by atoms with Crippen LogP contribution in [0.5, 0.6) is 5.75 Å². The van der Waals surface area contributed by atoms with Gasteiger partial charge >= 0.3 is 0 Å². The predicted octanol–water partition coefficient (Wildman–Crippen LogP) is 4.29. The maximum absolute atomic E-state index is 5.97. The summed E-state index contributed by atoms with van der Waals surface area (Å²) in [7, 11) is 0. The van der Waals surface area contributed by atoms with Crippen molar-refractivity contribution < 1.29 is 4.74 Å². The van der Waals surface area contributed by atoms with Crippen LogP contribution in [0.25, 0.3) is 0 Å². The lowest BCUT2D eigenvalue weighted by Gasteiger charge is -2.23. The van der Waals surface area contributed by atoms with Gasteiger partial charge in [-0.15, -0.1) is 0 Å². The number of para-hydroxylation sites is 1. The van der Waals surface area contributed by atoms with Gasteiger partial charge in [0.1, 0.15) is 5.75 Å². The third-order valence-electron chi connectivity index (χ3n) is 2.58. The minimum atomic E-state index is 0.133. The molecule has 1 nitrogen and oxygen atoms in total. The van der Waals surface area contributed by atoms with Crippen LogP contribution in [-0.2, 0) is 5.41 Å². The Morgan fingerprint density at radius 1 is 1.27 bits per heavy atom. The quantitative estimate of drug-likeness (QED) is 0.778. The normalized spacial score (nSPS) is 16.5. The van der Waals surface area contributed by atoms with Crippen LogP contribution in [0.15, 0.2) is 22.7 Å². The highest BCUT2D eigenvalue weighted by Crippen LogP contribution is 2.39. The molecule has 1 aliphatic rings. The molecule has 15 heavy (non-hydrogen) atoms. The van der Waals surface area contributed by atoms with E-state index < -0.39 is 0 Å². The van der Waals surface area contributed by atoms with Crippen LogP contribution in [0.4, 0.5) is 0 Å². The Morgan fingerprint density at radius 3 is 2.47 bits per heavy atom. The van der Waals surface area contributed by atoms with E-state index in [-0.39, 0.29) is 5.41 Å². The lowest BCUT2D eigenvalue weighted by atomic mass is 9.86. The summed E-state index contributed by atoms with van der Waals surface area (Å²) < 4.78 is 7.04. The van der Waals surface area contributed by atoms with E-state index >= 15 is 0 Å². The van der Waals surface area contributed by atoms with Crippen LogP contribution in [0.3, 0.4) is 0 Å². The van der Waals surface area contributed by atoms with E-state index in [1.807, 2.05) is 6.07 Å². The van der Waals surface area contributed by atoms with E-state index in [0.717, 1.165) is 10.2 Å². The summed E-state index contributed by atoms with van der Waals surface area (Å²) in [6.45, 7) is 6.65. The summed E-state index contributed by atoms with van der Waals surface area (Å²) >= 11 is 3.57. The number of hydrogen-bond acceptors (Lipinski definition) is 1. The number of rotatable bonds is 2. The van der Waals surface area contributed by atoms with Crippen molar-refractivity contribution in [3.8, 4) is 5.75 Å². The summed E-state index contributed by atoms with van der Waals surface area (Å²) in [4.78, 5) is 0. The second kappa shape index (κ2) is 3.82. The molecule has 1 fully saturated rings. The van der Waals surface area contributed by atoms with Gasteiger partial charge in [-0.1, -0.05) is 32.9 Å². The maximum Gasteiger partial charge on any atom is 0.137 e. The van der Waals surface area contributed by atoms with Crippen LogP contribution in [0, 0.1) is 0 Å². The molecule has 0 unspecified atom stereocenters. The Morgan fingerprint density at radius 2 is 1.93 bits per heavy atom. The van der Waals surface area contributed by atoms with Crippen molar-refractivity contribution >= 4 is 15.9 Å². The number of halogens is 1. The van der Waals surface area contributed by atoms with Crippen molar-refractivity contribution in [1.29, 1.82) is 0 Å². The average Bonchev–Trinajstić information content (AvgIpc) is 2.90. The minimum absolute atomic E-state index is 0.133. The molecule has 0 aromatic heterocycles. The molecule has 0 saturated heterocycles. The maximum atomic E-state index is 5.97. The predicted molar refractivity (Wildman–Crippen MR) is 66.5 cm³/mol. The Balaban J connectivity index is 2.38. The van der Waals surface area contributed by atoms with E-state index in [1.165, 1.54) is 18.4 Å². The van der Waals surface area contributed by atoms with Crippen LogP contribution in [0.2, 0.25) is 0 Å². The molecular weight excluding hydrogens is 252 g/mol. The fraction of sp³-hybridized carbons (Fsp3) is 0.538. The minimum Gasteiger partial charge on any atom is -0.489 e. The van der Waals surface area contributed by atoms with Gasteiger partial charge in [-0.05, 0) is 40.3 Å². The number of ether oxygens (including phenoxy) is 1. The highest BCUT2D eigenvalue weighted by molar-refractivity contribution is 9.10. The average molecular weight is 269 g/mol. The van der Waals surface area contributed by atoms with Gasteiger partial charge in [0, 0.05) is 5.56 Å². The molecule has 0 aliphatic heterocycles. The third-order valence-corrected chi connectivity index (χ3v) is 3.21. The fourth-order valence-electron chi connectivity index (χ4n) is 1.57. The molecule has 1 aromatic rings. The van der Waals surface area contributed by atoms with Gasteiger partial charge < -0.3 is 4.74 Å². The van der Waals surface area contributed by atoms with Crippen molar-refractivity contribution in [3.05, 3.63) is 28.2 Å². The monoisotopic (exact) mass is 268 g/mol.